The first-order valence-electron chi connectivity index (χ1n) is 7.30. The molecule has 5 heteroatoms. The highest BCUT2D eigenvalue weighted by Gasteiger charge is 2.54. The van der Waals surface area contributed by atoms with Gasteiger partial charge in [-0.25, -0.2) is 0 Å². The summed E-state index contributed by atoms with van der Waals surface area (Å²) in [6.45, 7) is 8.89. The van der Waals surface area contributed by atoms with Crippen LogP contribution < -0.4 is 10.6 Å². The Morgan fingerprint density at radius 1 is 1.32 bits per heavy atom. The summed E-state index contributed by atoms with van der Waals surface area (Å²) in [7, 11) is 0. The fourth-order valence-corrected chi connectivity index (χ4v) is 3.35. The molecular formula is C14H27ClN2O2. The zero-order valence-electron chi connectivity index (χ0n) is 12.2. The van der Waals surface area contributed by atoms with Crippen LogP contribution in [0, 0.1) is 11.3 Å². The molecule has 1 amide bonds. The van der Waals surface area contributed by atoms with Crippen LogP contribution in [-0.4, -0.2) is 37.7 Å². The van der Waals surface area contributed by atoms with Crippen molar-refractivity contribution in [2.24, 2.45) is 11.3 Å². The number of carbonyl (C=O) groups is 1. The lowest BCUT2D eigenvalue weighted by Crippen LogP contribution is -2.66. The van der Waals surface area contributed by atoms with E-state index in [-0.39, 0.29) is 29.6 Å². The summed E-state index contributed by atoms with van der Waals surface area (Å²) >= 11 is 0. The molecule has 19 heavy (non-hydrogen) atoms. The molecule has 2 N–H and O–H groups in total. The fraction of sp³-hybridized carbons (Fsp3) is 0.929. The van der Waals surface area contributed by atoms with Crippen LogP contribution in [0.2, 0.25) is 0 Å². The van der Waals surface area contributed by atoms with E-state index in [4.69, 9.17) is 4.74 Å². The van der Waals surface area contributed by atoms with Crippen LogP contribution in [0.4, 0.5) is 0 Å². The maximum absolute atomic E-state index is 12.0. The van der Waals surface area contributed by atoms with Crippen molar-refractivity contribution >= 4 is 18.3 Å². The lowest BCUT2D eigenvalue weighted by Gasteiger charge is -2.55. The van der Waals surface area contributed by atoms with Crippen molar-refractivity contribution in [1.29, 1.82) is 0 Å². The molecule has 0 aromatic heterocycles. The van der Waals surface area contributed by atoms with E-state index in [2.05, 4.69) is 24.5 Å². The van der Waals surface area contributed by atoms with E-state index in [1.165, 1.54) is 0 Å². The van der Waals surface area contributed by atoms with Gasteiger partial charge in [-0.15, -0.1) is 12.4 Å². The minimum Gasteiger partial charge on any atom is -0.378 e. The van der Waals surface area contributed by atoms with Gasteiger partial charge in [0.25, 0.3) is 0 Å². The maximum Gasteiger partial charge on any atom is 0.225 e. The Bertz CT molecular complexity index is 304. The molecule has 4 nitrogen and oxygen atoms in total. The van der Waals surface area contributed by atoms with Crippen LogP contribution >= 0.6 is 12.4 Å². The SMILES string of the molecule is CCOC1CC(NC(=O)C2CNC2)C1(CC)CC.Cl. The molecule has 112 valence electrons. The molecule has 1 heterocycles. The molecule has 0 spiro atoms. The van der Waals surface area contributed by atoms with Gasteiger partial charge < -0.3 is 15.4 Å². The molecule has 2 rings (SSSR count). The second kappa shape index (κ2) is 6.91. The smallest absolute Gasteiger partial charge is 0.225 e. The van der Waals surface area contributed by atoms with E-state index in [0.29, 0.717) is 12.1 Å². The molecule has 1 aliphatic carbocycles. The lowest BCUT2D eigenvalue weighted by atomic mass is 9.58. The standard InChI is InChI=1S/C14H26N2O2.ClH/c1-4-14(5-2)11(7-12(14)18-6-3)16-13(17)10-8-15-9-10;/h10-12,15H,4-9H2,1-3H3,(H,16,17);1H. The average Bonchev–Trinajstić information content (AvgIpc) is 2.27. The van der Waals surface area contributed by atoms with E-state index >= 15 is 0 Å². The summed E-state index contributed by atoms with van der Waals surface area (Å²) in [6, 6.07) is 0.303. The molecule has 1 saturated carbocycles. The lowest BCUT2D eigenvalue weighted by molar-refractivity contribution is -0.151. The Balaban J connectivity index is 0.00000180. The molecule has 0 aromatic rings. The summed E-state index contributed by atoms with van der Waals surface area (Å²) in [4.78, 5) is 12.0. The molecule has 0 radical (unpaired) electrons. The molecule has 2 aliphatic rings. The quantitative estimate of drug-likeness (QED) is 0.783. The molecule has 1 aliphatic heterocycles. The Kier molecular flexibility index (Phi) is 6.09. The van der Waals surface area contributed by atoms with Gasteiger partial charge in [-0.2, -0.15) is 0 Å². The van der Waals surface area contributed by atoms with Crippen LogP contribution in [0.5, 0.6) is 0 Å². The Hall–Kier alpha value is -0.320. The van der Waals surface area contributed by atoms with Crippen LogP contribution in [0.25, 0.3) is 0 Å². The first-order valence-corrected chi connectivity index (χ1v) is 7.30. The van der Waals surface area contributed by atoms with Gasteiger partial charge in [-0.3, -0.25) is 4.79 Å². The van der Waals surface area contributed by atoms with Crippen molar-refractivity contribution < 1.29 is 9.53 Å². The van der Waals surface area contributed by atoms with Gasteiger partial charge in [0.05, 0.1) is 12.0 Å². The second-order valence-electron chi connectivity index (χ2n) is 5.54. The topological polar surface area (TPSA) is 50.4 Å². The van der Waals surface area contributed by atoms with Crippen LogP contribution in [0.1, 0.15) is 40.0 Å². The van der Waals surface area contributed by atoms with E-state index in [0.717, 1.165) is 39.0 Å². The predicted octanol–water partition coefficient (Wildman–Crippen LogP) is 1.73. The summed E-state index contributed by atoms with van der Waals surface area (Å²) in [5.74, 6) is 0.405. The highest BCUT2D eigenvalue weighted by molar-refractivity contribution is 5.85. The third-order valence-corrected chi connectivity index (χ3v) is 4.94. The van der Waals surface area contributed by atoms with Crippen LogP contribution in [-0.2, 0) is 9.53 Å². The third kappa shape index (κ3) is 2.91. The number of carbonyl (C=O) groups excluding carboxylic acids is 1. The minimum absolute atomic E-state index is 0. The zero-order chi connectivity index (χ0) is 13.2. The number of amides is 1. The van der Waals surface area contributed by atoms with Gasteiger partial charge in [0.15, 0.2) is 0 Å². The van der Waals surface area contributed by atoms with E-state index in [1.54, 1.807) is 0 Å². The first-order chi connectivity index (χ1) is 8.67. The van der Waals surface area contributed by atoms with Crippen molar-refractivity contribution in [2.45, 2.75) is 52.2 Å². The molecule has 2 fully saturated rings. The molecular weight excluding hydrogens is 264 g/mol. The van der Waals surface area contributed by atoms with Crippen molar-refractivity contribution in [1.82, 2.24) is 10.6 Å². The highest BCUT2D eigenvalue weighted by atomic mass is 35.5. The first kappa shape index (κ1) is 16.7. The molecule has 1 saturated heterocycles. The molecule has 0 bridgehead atoms. The third-order valence-electron chi connectivity index (χ3n) is 4.94. The predicted molar refractivity (Wildman–Crippen MR) is 78.6 cm³/mol. The Morgan fingerprint density at radius 3 is 2.37 bits per heavy atom. The molecule has 2 atom stereocenters. The normalized spacial score (nSPS) is 28.8. The van der Waals surface area contributed by atoms with Crippen LogP contribution in [0.15, 0.2) is 0 Å². The number of hydrogen-bond donors (Lipinski definition) is 2. The highest BCUT2D eigenvalue weighted by Crippen LogP contribution is 2.48. The van der Waals surface area contributed by atoms with Crippen LogP contribution in [0.3, 0.4) is 0 Å². The average molecular weight is 291 g/mol. The van der Waals surface area contributed by atoms with E-state index in [9.17, 15) is 4.79 Å². The van der Waals surface area contributed by atoms with Crippen molar-refractivity contribution in [3.8, 4) is 0 Å². The zero-order valence-corrected chi connectivity index (χ0v) is 13.0. The fourth-order valence-electron chi connectivity index (χ4n) is 3.35. The van der Waals surface area contributed by atoms with Gasteiger partial charge >= 0.3 is 0 Å². The monoisotopic (exact) mass is 290 g/mol. The van der Waals surface area contributed by atoms with Crippen molar-refractivity contribution in [3.63, 3.8) is 0 Å². The van der Waals surface area contributed by atoms with Crippen molar-refractivity contribution in [2.75, 3.05) is 19.7 Å². The summed E-state index contributed by atoms with van der Waals surface area (Å²) in [5, 5.41) is 6.38. The number of nitrogens with one attached hydrogen (secondary N) is 2. The molecule has 2 unspecified atom stereocenters. The van der Waals surface area contributed by atoms with Crippen molar-refractivity contribution in [3.05, 3.63) is 0 Å². The number of rotatable bonds is 6. The second-order valence-corrected chi connectivity index (χ2v) is 5.54. The summed E-state index contributed by atoms with van der Waals surface area (Å²) < 4.78 is 5.82. The van der Waals surface area contributed by atoms with E-state index in [1.807, 2.05) is 6.92 Å². The van der Waals surface area contributed by atoms with Gasteiger partial charge in [0, 0.05) is 31.2 Å². The largest absolute Gasteiger partial charge is 0.378 e. The van der Waals surface area contributed by atoms with Gasteiger partial charge in [-0.05, 0) is 26.2 Å². The summed E-state index contributed by atoms with van der Waals surface area (Å²) in [5.41, 5.74) is 0.156. The van der Waals surface area contributed by atoms with Gasteiger partial charge in [0.1, 0.15) is 0 Å². The molecule has 0 aromatic carbocycles. The van der Waals surface area contributed by atoms with Gasteiger partial charge in [0.2, 0.25) is 5.91 Å². The maximum atomic E-state index is 12.0. The number of ether oxygens (including phenoxy) is 1. The van der Waals surface area contributed by atoms with Gasteiger partial charge in [-0.1, -0.05) is 13.8 Å². The number of halogens is 1. The Labute approximate surface area is 122 Å². The Morgan fingerprint density at radius 2 is 1.95 bits per heavy atom. The number of hydrogen-bond acceptors (Lipinski definition) is 3. The minimum atomic E-state index is 0. The summed E-state index contributed by atoms with van der Waals surface area (Å²) in [6.07, 6.45) is 3.44. The van der Waals surface area contributed by atoms with E-state index < -0.39 is 0 Å².